The predicted molar refractivity (Wildman–Crippen MR) is 86.1 cm³/mol. The summed E-state index contributed by atoms with van der Waals surface area (Å²) in [5.74, 6) is 1.84. The van der Waals surface area contributed by atoms with Crippen molar-refractivity contribution in [1.29, 1.82) is 0 Å². The van der Waals surface area contributed by atoms with Crippen molar-refractivity contribution in [1.82, 2.24) is 25.4 Å². The molecule has 0 unspecified atom stereocenters. The van der Waals surface area contributed by atoms with Crippen molar-refractivity contribution in [2.75, 3.05) is 0 Å². The minimum atomic E-state index is -0.375. The van der Waals surface area contributed by atoms with Crippen LogP contribution in [0.5, 0.6) is 0 Å². The molecule has 0 bridgehead atoms. The fourth-order valence-corrected chi connectivity index (χ4v) is 3.74. The molecular formula is C16H27N5O2. The van der Waals surface area contributed by atoms with E-state index in [0.717, 1.165) is 37.5 Å². The van der Waals surface area contributed by atoms with Crippen LogP contribution in [0.15, 0.2) is 0 Å². The van der Waals surface area contributed by atoms with E-state index in [0.29, 0.717) is 0 Å². The van der Waals surface area contributed by atoms with Gasteiger partial charge in [-0.15, -0.1) is 10.2 Å². The summed E-state index contributed by atoms with van der Waals surface area (Å²) in [5.41, 5.74) is -0.596. The Bertz CT molecular complexity index is 608. The molecule has 2 atom stereocenters. The lowest BCUT2D eigenvalue weighted by Crippen LogP contribution is -2.50. The summed E-state index contributed by atoms with van der Waals surface area (Å²) in [6, 6.07) is -0.381. The van der Waals surface area contributed by atoms with Crippen molar-refractivity contribution in [2.24, 2.45) is 0 Å². The number of aromatic nitrogens is 3. The number of carbonyl (C=O) groups is 1. The Morgan fingerprint density at radius 1 is 1.35 bits per heavy atom. The van der Waals surface area contributed by atoms with Crippen molar-refractivity contribution < 1.29 is 9.53 Å². The maximum atomic E-state index is 12.4. The number of nitrogens with one attached hydrogen (secondary N) is 2. The molecule has 0 spiro atoms. The SMILES string of the molecule is C[C@H](NC(=O)N[C@@H]1CC(C)(C)OC1(C)C)c1nnc2n1CCC2. The van der Waals surface area contributed by atoms with E-state index >= 15 is 0 Å². The summed E-state index contributed by atoms with van der Waals surface area (Å²) in [7, 11) is 0. The highest BCUT2D eigenvalue weighted by molar-refractivity contribution is 5.74. The van der Waals surface area contributed by atoms with Crippen molar-refractivity contribution in [3.63, 3.8) is 0 Å². The number of amides is 2. The fourth-order valence-electron chi connectivity index (χ4n) is 3.74. The highest BCUT2D eigenvalue weighted by atomic mass is 16.5. The van der Waals surface area contributed by atoms with Gasteiger partial charge in [0.2, 0.25) is 0 Å². The van der Waals surface area contributed by atoms with Crippen LogP contribution in [-0.4, -0.2) is 38.0 Å². The van der Waals surface area contributed by atoms with Gasteiger partial charge >= 0.3 is 6.03 Å². The van der Waals surface area contributed by atoms with E-state index in [1.54, 1.807) is 0 Å². The van der Waals surface area contributed by atoms with E-state index in [4.69, 9.17) is 4.74 Å². The number of ether oxygens (including phenoxy) is 1. The number of fused-ring (bicyclic) bond motifs is 1. The van der Waals surface area contributed by atoms with Gasteiger partial charge in [0, 0.05) is 13.0 Å². The molecule has 0 aromatic carbocycles. The van der Waals surface area contributed by atoms with Crippen LogP contribution in [0.2, 0.25) is 0 Å². The number of nitrogens with zero attached hydrogens (tertiary/aromatic N) is 3. The van der Waals surface area contributed by atoms with Gasteiger partial charge in [0.25, 0.3) is 0 Å². The standard InChI is InChI=1S/C16H27N5O2/c1-10(13-20-19-12-7-6-8-21(12)13)17-14(22)18-11-9-15(2,3)23-16(11,4)5/h10-11H,6-9H2,1-5H3,(H2,17,18,22)/t10-,11+/m0/s1. The number of hydrogen-bond acceptors (Lipinski definition) is 4. The van der Waals surface area contributed by atoms with E-state index in [1.165, 1.54) is 0 Å². The number of urea groups is 1. The highest BCUT2D eigenvalue weighted by Gasteiger charge is 2.46. The summed E-state index contributed by atoms with van der Waals surface area (Å²) >= 11 is 0. The highest BCUT2D eigenvalue weighted by Crippen LogP contribution is 2.37. The predicted octanol–water partition coefficient (Wildman–Crippen LogP) is 1.93. The van der Waals surface area contributed by atoms with Crippen molar-refractivity contribution in [3.05, 3.63) is 11.6 Å². The zero-order valence-electron chi connectivity index (χ0n) is 14.6. The van der Waals surface area contributed by atoms with E-state index in [1.807, 2.05) is 20.8 Å². The Balaban J connectivity index is 1.61. The minimum absolute atomic E-state index is 0.0196. The zero-order valence-corrected chi connectivity index (χ0v) is 14.6. The minimum Gasteiger partial charge on any atom is -0.367 e. The lowest BCUT2D eigenvalue weighted by atomic mass is 9.95. The third-order valence-electron chi connectivity index (χ3n) is 4.75. The maximum absolute atomic E-state index is 12.4. The van der Waals surface area contributed by atoms with Gasteiger partial charge in [-0.05, 0) is 47.5 Å². The lowest BCUT2D eigenvalue weighted by Gasteiger charge is -2.28. The van der Waals surface area contributed by atoms with Gasteiger partial charge in [-0.25, -0.2) is 4.79 Å². The van der Waals surface area contributed by atoms with Gasteiger partial charge < -0.3 is 19.9 Å². The Kier molecular flexibility index (Phi) is 3.86. The smallest absolute Gasteiger partial charge is 0.315 e. The van der Waals surface area contributed by atoms with Gasteiger partial charge in [0.15, 0.2) is 5.82 Å². The number of aryl methyl sites for hydroxylation is 1. The summed E-state index contributed by atoms with van der Waals surface area (Å²) in [6.45, 7) is 11.0. The van der Waals surface area contributed by atoms with Crippen molar-refractivity contribution in [3.8, 4) is 0 Å². The summed E-state index contributed by atoms with van der Waals surface area (Å²) in [5, 5.41) is 14.4. The molecule has 7 nitrogen and oxygen atoms in total. The maximum Gasteiger partial charge on any atom is 0.315 e. The van der Waals surface area contributed by atoms with E-state index in [9.17, 15) is 4.79 Å². The molecule has 2 aliphatic rings. The van der Waals surface area contributed by atoms with Crippen LogP contribution in [0.3, 0.4) is 0 Å². The first-order valence-corrected chi connectivity index (χ1v) is 8.37. The molecule has 7 heteroatoms. The molecule has 2 amide bonds. The summed E-state index contributed by atoms with van der Waals surface area (Å²) in [4.78, 5) is 12.4. The molecule has 0 aliphatic carbocycles. The third-order valence-corrected chi connectivity index (χ3v) is 4.75. The molecule has 1 aromatic rings. The number of rotatable bonds is 3. The molecule has 1 fully saturated rings. The van der Waals surface area contributed by atoms with Crippen LogP contribution in [0.4, 0.5) is 4.79 Å². The van der Waals surface area contributed by atoms with E-state index in [2.05, 4.69) is 39.2 Å². The first kappa shape index (κ1) is 16.2. The Hall–Kier alpha value is -1.63. The summed E-state index contributed by atoms with van der Waals surface area (Å²) < 4.78 is 8.13. The first-order valence-electron chi connectivity index (χ1n) is 8.37. The average molecular weight is 321 g/mol. The molecule has 0 radical (unpaired) electrons. The average Bonchev–Trinajstić information content (AvgIpc) is 3.01. The normalized spacial score (nSPS) is 25.9. The monoisotopic (exact) mass is 321 g/mol. The topological polar surface area (TPSA) is 81.1 Å². The molecule has 1 saturated heterocycles. The van der Waals surface area contributed by atoms with E-state index < -0.39 is 0 Å². The second-order valence-electron chi connectivity index (χ2n) is 7.79. The van der Waals surface area contributed by atoms with Gasteiger partial charge in [0.05, 0.1) is 23.3 Å². The summed E-state index contributed by atoms with van der Waals surface area (Å²) in [6.07, 6.45) is 2.86. The van der Waals surface area contributed by atoms with Gasteiger partial charge in [-0.1, -0.05) is 0 Å². The van der Waals surface area contributed by atoms with Gasteiger partial charge in [-0.2, -0.15) is 0 Å². The van der Waals surface area contributed by atoms with Gasteiger partial charge in [-0.3, -0.25) is 0 Å². The Morgan fingerprint density at radius 2 is 2.09 bits per heavy atom. The van der Waals surface area contributed by atoms with Crippen molar-refractivity contribution in [2.45, 2.75) is 83.7 Å². The Labute approximate surface area is 137 Å². The second-order valence-corrected chi connectivity index (χ2v) is 7.79. The molecule has 1 aromatic heterocycles. The molecule has 0 saturated carbocycles. The zero-order chi connectivity index (χ0) is 16.8. The van der Waals surface area contributed by atoms with Crippen LogP contribution in [0.1, 0.15) is 65.2 Å². The van der Waals surface area contributed by atoms with E-state index in [-0.39, 0.29) is 29.3 Å². The largest absolute Gasteiger partial charge is 0.367 e. The quantitative estimate of drug-likeness (QED) is 0.891. The molecular weight excluding hydrogens is 294 g/mol. The second kappa shape index (κ2) is 5.47. The van der Waals surface area contributed by atoms with Crippen LogP contribution in [0.25, 0.3) is 0 Å². The molecule has 2 N–H and O–H groups in total. The van der Waals surface area contributed by atoms with Crippen LogP contribution >= 0.6 is 0 Å². The van der Waals surface area contributed by atoms with Crippen molar-refractivity contribution >= 4 is 6.03 Å². The fraction of sp³-hybridized carbons (Fsp3) is 0.812. The molecule has 3 heterocycles. The van der Waals surface area contributed by atoms with Gasteiger partial charge in [0.1, 0.15) is 5.82 Å². The van der Waals surface area contributed by atoms with Crippen LogP contribution in [0, 0.1) is 0 Å². The van der Waals surface area contributed by atoms with Crippen LogP contribution < -0.4 is 10.6 Å². The molecule has 2 aliphatic heterocycles. The van der Waals surface area contributed by atoms with Crippen LogP contribution in [-0.2, 0) is 17.7 Å². The number of hydrogen-bond donors (Lipinski definition) is 2. The lowest BCUT2D eigenvalue weighted by molar-refractivity contribution is -0.0690. The number of carbonyl (C=O) groups excluding carboxylic acids is 1. The molecule has 3 rings (SSSR count). The molecule has 23 heavy (non-hydrogen) atoms. The first-order chi connectivity index (χ1) is 10.7. The third kappa shape index (κ3) is 3.20. The molecule has 128 valence electrons. The Morgan fingerprint density at radius 3 is 2.74 bits per heavy atom.